The minimum Gasteiger partial charge on any atom is -0.497 e. The Bertz CT molecular complexity index is 1540. The van der Waals surface area contributed by atoms with Crippen molar-refractivity contribution >= 4 is 33.2 Å². The summed E-state index contributed by atoms with van der Waals surface area (Å²) in [6.07, 6.45) is 6.05. The maximum absolute atomic E-state index is 13.2. The molecule has 1 aliphatic heterocycles. The molecule has 0 N–H and O–H groups in total. The van der Waals surface area contributed by atoms with E-state index in [1.54, 1.807) is 23.9 Å². The zero-order chi connectivity index (χ0) is 25.5. The molecule has 0 saturated carbocycles. The van der Waals surface area contributed by atoms with Crippen LogP contribution in [-0.4, -0.2) is 50.9 Å². The third-order valence-electron chi connectivity index (χ3n) is 7.68. The summed E-state index contributed by atoms with van der Waals surface area (Å²) < 4.78 is 10.2. The zero-order valence-corrected chi connectivity index (χ0v) is 21.4. The highest BCUT2D eigenvalue weighted by Crippen LogP contribution is 2.38. The Balaban J connectivity index is 1.11. The fraction of sp³-hybridized carbons (Fsp3) is 0.357. The van der Waals surface area contributed by atoms with Crippen LogP contribution in [0.4, 0.5) is 0 Å². The summed E-state index contributed by atoms with van der Waals surface area (Å²) in [5.41, 5.74) is 2.56. The molecule has 3 heterocycles. The number of rotatable bonds is 6. The fourth-order valence-electron chi connectivity index (χ4n) is 5.71. The van der Waals surface area contributed by atoms with Crippen LogP contribution in [0.2, 0.25) is 0 Å². The van der Waals surface area contributed by atoms with Crippen molar-refractivity contribution in [2.75, 3.05) is 20.2 Å². The van der Waals surface area contributed by atoms with E-state index in [0.717, 1.165) is 34.4 Å². The second-order valence-electron chi connectivity index (χ2n) is 9.80. The third kappa shape index (κ3) is 4.37. The van der Waals surface area contributed by atoms with Crippen molar-refractivity contribution in [3.63, 3.8) is 0 Å². The molecule has 2 aromatic heterocycles. The number of hydrogen-bond donors (Lipinski definition) is 0. The smallest absolute Gasteiger partial charge is 0.309 e. The van der Waals surface area contributed by atoms with Crippen molar-refractivity contribution < 1.29 is 14.3 Å². The van der Waals surface area contributed by atoms with Gasteiger partial charge < -0.3 is 14.2 Å². The molecular formula is C28H28N4O4S. The summed E-state index contributed by atoms with van der Waals surface area (Å²) in [7, 11) is 1.61. The van der Waals surface area contributed by atoms with Gasteiger partial charge in [0.25, 0.3) is 0 Å². The maximum Gasteiger partial charge on any atom is 0.309 e. The van der Waals surface area contributed by atoms with Gasteiger partial charge >= 0.3 is 4.87 Å². The number of hydrogen-bond acceptors (Lipinski definition) is 6. The van der Waals surface area contributed by atoms with Crippen LogP contribution in [0.1, 0.15) is 59.3 Å². The van der Waals surface area contributed by atoms with Crippen LogP contribution in [0.15, 0.2) is 59.7 Å². The van der Waals surface area contributed by atoms with Gasteiger partial charge in [-0.3, -0.25) is 19.0 Å². The number of aromatic nitrogens is 3. The van der Waals surface area contributed by atoms with Gasteiger partial charge in [0.15, 0.2) is 5.78 Å². The number of nitrogens with zero attached hydrogens (tertiary/aromatic N) is 4. The Morgan fingerprint density at radius 1 is 1.14 bits per heavy atom. The number of carbonyl (C=O) groups is 2. The van der Waals surface area contributed by atoms with E-state index in [9.17, 15) is 14.4 Å². The zero-order valence-electron chi connectivity index (χ0n) is 20.6. The number of carbonyl (C=O) groups excluding carboxylic acids is 2. The lowest BCUT2D eigenvalue weighted by atomic mass is 9.93. The average molecular weight is 517 g/mol. The van der Waals surface area contributed by atoms with Crippen LogP contribution >= 0.6 is 11.3 Å². The highest BCUT2D eigenvalue weighted by Gasteiger charge is 2.34. The van der Waals surface area contributed by atoms with Crippen LogP contribution in [0.25, 0.3) is 10.2 Å². The molecule has 8 nitrogen and oxygen atoms in total. The van der Waals surface area contributed by atoms with Gasteiger partial charge in [0.05, 0.1) is 17.3 Å². The second-order valence-corrected chi connectivity index (χ2v) is 10.8. The normalized spacial score (nSPS) is 17.9. The Morgan fingerprint density at radius 2 is 1.95 bits per heavy atom. The van der Waals surface area contributed by atoms with Crippen molar-refractivity contribution in [1.82, 2.24) is 19.0 Å². The number of fused-ring (bicyclic) bond motifs is 2. The molecule has 2 aliphatic rings. The predicted molar refractivity (Wildman–Crippen MR) is 142 cm³/mol. The van der Waals surface area contributed by atoms with Gasteiger partial charge in [-0.2, -0.15) is 0 Å². The molecule has 2 aromatic carbocycles. The Kier molecular flexibility index (Phi) is 6.16. The summed E-state index contributed by atoms with van der Waals surface area (Å²) >= 11 is 1.26. The van der Waals surface area contributed by atoms with E-state index in [4.69, 9.17) is 4.74 Å². The van der Waals surface area contributed by atoms with Crippen LogP contribution in [-0.2, 0) is 11.5 Å². The summed E-state index contributed by atoms with van der Waals surface area (Å²) in [6.45, 7) is 1.74. The highest BCUT2D eigenvalue weighted by molar-refractivity contribution is 7.16. The average Bonchev–Trinajstić information content (AvgIpc) is 3.60. The first-order valence-electron chi connectivity index (χ1n) is 12.6. The first-order valence-corrected chi connectivity index (χ1v) is 13.4. The second kappa shape index (κ2) is 9.63. The van der Waals surface area contributed by atoms with Gasteiger partial charge in [-0.1, -0.05) is 23.5 Å². The van der Waals surface area contributed by atoms with Crippen molar-refractivity contribution in [1.29, 1.82) is 0 Å². The van der Waals surface area contributed by atoms with Crippen molar-refractivity contribution in [3.8, 4) is 5.75 Å². The number of Topliss-reactive ketones (excluding diaryl/α,β-unsaturated/α-hetero) is 1. The van der Waals surface area contributed by atoms with E-state index in [1.165, 1.54) is 11.3 Å². The summed E-state index contributed by atoms with van der Waals surface area (Å²) in [6, 6.07) is 13.3. The minimum atomic E-state index is -0.0968. The van der Waals surface area contributed by atoms with E-state index >= 15 is 0 Å². The Labute approximate surface area is 218 Å². The molecule has 1 amide bonds. The standard InChI is InChI=1S/C28H28N4O4S/c1-36-20-6-7-21-22(16-20)19(14-24(21)33)15-26(34)30-11-8-18(9-12-30)27-29-10-13-31(27)17-32-23-4-2-3-5-25(23)37-28(32)35/h2-7,10,13,16,18-19H,8-9,11-12,14-15,17H2,1H3. The van der Waals surface area contributed by atoms with Crippen LogP contribution < -0.4 is 9.61 Å². The molecule has 1 saturated heterocycles. The van der Waals surface area contributed by atoms with E-state index in [1.807, 2.05) is 47.5 Å². The van der Waals surface area contributed by atoms with Crippen molar-refractivity contribution in [3.05, 3.63) is 81.5 Å². The number of likely N-dealkylation sites (tertiary alicyclic amines) is 1. The molecule has 1 aliphatic carbocycles. The van der Waals surface area contributed by atoms with Crippen molar-refractivity contribution in [2.45, 2.75) is 44.2 Å². The van der Waals surface area contributed by atoms with Gasteiger partial charge in [-0.25, -0.2) is 4.98 Å². The molecule has 0 radical (unpaired) electrons. The summed E-state index contributed by atoms with van der Waals surface area (Å²) in [5, 5.41) is 0. The molecule has 37 heavy (non-hydrogen) atoms. The third-order valence-corrected chi connectivity index (χ3v) is 8.64. The molecule has 1 unspecified atom stereocenters. The SMILES string of the molecule is COc1ccc2c(c1)C(CC(=O)N1CCC(c3nccn3Cn3c(=O)sc4ccccc43)CC1)CC2=O. The van der Waals surface area contributed by atoms with Gasteiger partial charge in [-0.05, 0) is 48.7 Å². The summed E-state index contributed by atoms with van der Waals surface area (Å²) in [5.74, 6) is 1.97. The number of imidazole rings is 1. The van der Waals surface area contributed by atoms with Crippen LogP contribution in [0.5, 0.6) is 5.75 Å². The lowest BCUT2D eigenvalue weighted by Gasteiger charge is -2.32. The van der Waals surface area contributed by atoms with E-state index in [0.29, 0.717) is 43.9 Å². The molecule has 1 fully saturated rings. The van der Waals surface area contributed by atoms with Gasteiger partial charge in [-0.15, -0.1) is 0 Å². The van der Waals surface area contributed by atoms with E-state index in [-0.39, 0.29) is 28.4 Å². The number of methoxy groups -OCH3 is 1. The predicted octanol–water partition coefficient (Wildman–Crippen LogP) is 4.24. The highest BCUT2D eigenvalue weighted by atomic mass is 32.1. The minimum absolute atomic E-state index is 0.0193. The summed E-state index contributed by atoms with van der Waals surface area (Å²) in [4.78, 5) is 44.8. The van der Waals surface area contributed by atoms with E-state index < -0.39 is 0 Å². The lowest BCUT2D eigenvalue weighted by Crippen LogP contribution is -2.39. The molecule has 9 heteroatoms. The number of piperidine rings is 1. The largest absolute Gasteiger partial charge is 0.497 e. The topological polar surface area (TPSA) is 86.4 Å². The number of ketones is 1. The molecular weight excluding hydrogens is 488 g/mol. The lowest BCUT2D eigenvalue weighted by molar-refractivity contribution is -0.132. The monoisotopic (exact) mass is 516 g/mol. The number of amides is 1. The number of ether oxygens (including phenoxy) is 1. The van der Waals surface area contributed by atoms with Crippen LogP contribution in [0.3, 0.4) is 0 Å². The Morgan fingerprint density at radius 3 is 2.76 bits per heavy atom. The Hall–Kier alpha value is -3.72. The molecule has 1 atom stereocenters. The van der Waals surface area contributed by atoms with Crippen molar-refractivity contribution in [2.24, 2.45) is 0 Å². The van der Waals surface area contributed by atoms with E-state index in [2.05, 4.69) is 9.55 Å². The number of para-hydroxylation sites is 1. The first kappa shape index (κ1) is 23.7. The number of benzene rings is 2. The first-order chi connectivity index (χ1) is 18.0. The van der Waals surface area contributed by atoms with Gasteiger partial charge in [0, 0.05) is 55.7 Å². The molecule has 0 bridgehead atoms. The fourth-order valence-corrected chi connectivity index (χ4v) is 6.60. The molecule has 6 rings (SSSR count). The maximum atomic E-state index is 13.2. The molecule has 190 valence electrons. The quantitative estimate of drug-likeness (QED) is 0.383. The molecule has 0 spiro atoms. The van der Waals surface area contributed by atoms with Crippen LogP contribution in [0, 0.1) is 0 Å². The number of thiazole rings is 1. The van der Waals surface area contributed by atoms with Gasteiger partial charge in [0.2, 0.25) is 5.91 Å². The molecule has 4 aromatic rings. The van der Waals surface area contributed by atoms with Gasteiger partial charge in [0.1, 0.15) is 18.2 Å².